The predicted molar refractivity (Wildman–Crippen MR) is 50.2 cm³/mol. The predicted octanol–water partition coefficient (Wildman–Crippen LogP) is 2.31. The molecule has 1 saturated heterocycles. The summed E-state index contributed by atoms with van der Waals surface area (Å²) in [6.45, 7) is 4.96. The second-order valence-corrected chi connectivity index (χ2v) is 5.90. The summed E-state index contributed by atoms with van der Waals surface area (Å²) in [5, 5.41) is 0. The van der Waals surface area contributed by atoms with Crippen LogP contribution >= 0.6 is 0 Å². The molecule has 8 unspecified atom stereocenters. The van der Waals surface area contributed by atoms with Gasteiger partial charge in [0.2, 0.25) is 0 Å². The number of rotatable bonds is 0. The van der Waals surface area contributed by atoms with Crippen LogP contribution in [0.2, 0.25) is 0 Å². The first-order valence-corrected chi connectivity index (χ1v) is 5.93. The van der Waals surface area contributed by atoms with Crippen LogP contribution in [0.1, 0.15) is 26.7 Å². The Morgan fingerprint density at radius 2 is 1.69 bits per heavy atom. The molecule has 0 aromatic rings. The Balaban J connectivity index is 1.73. The molecule has 3 saturated carbocycles. The molecule has 4 aliphatic rings. The highest BCUT2D eigenvalue weighted by molar-refractivity contribution is 5.14. The lowest BCUT2D eigenvalue weighted by Gasteiger charge is -2.35. The lowest BCUT2D eigenvalue weighted by Crippen LogP contribution is -2.32. The van der Waals surface area contributed by atoms with Crippen molar-refractivity contribution in [3.63, 3.8) is 0 Å². The molecule has 0 spiro atoms. The fourth-order valence-corrected chi connectivity index (χ4v) is 4.97. The van der Waals surface area contributed by atoms with Crippen molar-refractivity contribution in [2.75, 3.05) is 0 Å². The van der Waals surface area contributed by atoms with Crippen molar-refractivity contribution in [3.8, 4) is 0 Å². The minimum absolute atomic E-state index is 0.706. The van der Waals surface area contributed by atoms with Crippen LogP contribution in [0.15, 0.2) is 0 Å². The summed E-state index contributed by atoms with van der Waals surface area (Å²) < 4.78 is 5.70. The molecule has 72 valence electrons. The molecular formula is C12H18O. The Morgan fingerprint density at radius 3 is 2.54 bits per heavy atom. The Labute approximate surface area is 79.8 Å². The van der Waals surface area contributed by atoms with E-state index in [1.807, 2.05) is 0 Å². The molecule has 4 fully saturated rings. The summed E-state index contributed by atoms with van der Waals surface area (Å²) in [7, 11) is 0. The molecule has 8 atom stereocenters. The maximum atomic E-state index is 5.70. The van der Waals surface area contributed by atoms with Crippen LogP contribution < -0.4 is 0 Å². The molecule has 0 N–H and O–H groups in total. The molecule has 13 heavy (non-hydrogen) atoms. The molecule has 0 aromatic carbocycles. The third-order valence-corrected chi connectivity index (χ3v) is 5.77. The van der Waals surface area contributed by atoms with Crippen LogP contribution in [0.25, 0.3) is 0 Å². The summed E-state index contributed by atoms with van der Waals surface area (Å²) >= 11 is 0. The van der Waals surface area contributed by atoms with Crippen LogP contribution in [-0.4, -0.2) is 12.2 Å². The molecule has 1 heterocycles. The Hall–Kier alpha value is -0.0400. The summed E-state index contributed by atoms with van der Waals surface area (Å²) in [4.78, 5) is 0. The van der Waals surface area contributed by atoms with Crippen molar-refractivity contribution in [3.05, 3.63) is 0 Å². The largest absolute Gasteiger partial charge is 0.369 e. The number of ether oxygens (including phenoxy) is 1. The van der Waals surface area contributed by atoms with Gasteiger partial charge in [-0.25, -0.2) is 0 Å². The van der Waals surface area contributed by atoms with Gasteiger partial charge in [0.05, 0.1) is 12.2 Å². The van der Waals surface area contributed by atoms with Gasteiger partial charge in [-0.3, -0.25) is 0 Å². The van der Waals surface area contributed by atoms with Gasteiger partial charge in [-0.05, 0) is 48.3 Å². The van der Waals surface area contributed by atoms with Crippen molar-refractivity contribution in [1.29, 1.82) is 0 Å². The highest BCUT2D eigenvalue weighted by atomic mass is 16.6. The molecule has 0 radical (unpaired) electrons. The van der Waals surface area contributed by atoms with E-state index in [2.05, 4.69) is 13.8 Å². The van der Waals surface area contributed by atoms with Gasteiger partial charge in [-0.1, -0.05) is 13.8 Å². The van der Waals surface area contributed by atoms with E-state index in [9.17, 15) is 0 Å². The zero-order valence-electron chi connectivity index (χ0n) is 8.44. The van der Waals surface area contributed by atoms with Crippen molar-refractivity contribution in [1.82, 2.24) is 0 Å². The lowest BCUT2D eigenvalue weighted by molar-refractivity contribution is 0.0817. The second-order valence-electron chi connectivity index (χ2n) is 5.90. The Morgan fingerprint density at radius 1 is 0.923 bits per heavy atom. The average Bonchev–Trinajstić information content (AvgIpc) is 2.53. The van der Waals surface area contributed by atoms with Gasteiger partial charge < -0.3 is 4.74 Å². The number of fused-ring (bicyclic) bond motifs is 7. The molecule has 2 bridgehead atoms. The van der Waals surface area contributed by atoms with Crippen LogP contribution in [0, 0.1) is 35.5 Å². The fraction of sp³-hybridized carbons (Fsp3) is 1.00. The molecule has 1 aliphatic heterocycles. The molecule has 1 nitrogen and oxygen atoms in total. The molecule has 1 heteroatoms. The zero-order valence-corrected chi connectivity index (χ0v) is 8.44. The smallest absolute Gasteiger partial charge is 0.0875 e. The quantitative estimate of drug-likeness (QED) is 0.519. The van der Waals surface area contributed by atoms with Gasteiger partial charge in [-0.2, -0.15) is 0 Å². The van der Waals surface area contributed by atoms with E-state index in [0.29, 0.717) is 6.10 Å². The Bertz CT molecular complexity index is 262. The summed E-state index contributed by atoms with van der Waals surface area (Å²) in [6, 6.07) is 0. The van der Waals surface area contributed by atoms with E-state index in [-0.39, 0.29) is 0 Å². The highest BCUT2D eigenvalue weighted by Gasteiger charge is 2.67. The van der Waals surface area contributed by atoms with Crippen molar-refractivity contribution < 1.29 is 4.74 Å². The molecule has 0 amide bonds. The average molecular weight is 178 g/mol. The zero-order chi connectivity index (χ0) is 8.74. The summed E-state index contributed by atoms with van der Waals surface area (Å²) in [5.74, 6) is 6.14. The van der Waals surface area contributed by atoms with Crippen LogP contribution in [0.5, 0.6) is 0 Å². The van der Waals surface area contributed by atoms with E-state index in [4.69, 9.17) is 4.74 Å². The third-order valence-electron chi connectivity index (χ3n) is 5.77. The van der Waals surface area contributed by atoms with Crippen molar-refractivity contribution in [2.24, 2.45) is 35.5 Å². The van der Waals surface area contributed by atoms with Gasteiger partial charge in [0, 0.05) is 0 Å². The minimum Gasteiger partial charge on any atom is -0.369 e. The molecular weight excluding hydrogens is 160 g/mol. The lowest BCUT2D eigenvalue weighted by atomic mass is 9.70. The van der Waals surface area contributed by atoms with Crippen LogP contribution in [0.4, 0.5) is 0 Å². The van der Waals surface area contributed by atoms with Crippen molar-refractivity contribution >= 4 is 0 Å². The van der Waals surface area contributed by atoms with Gasteiger partial charge in [0.1, 0.15) is 0 Å². The number of hydrogen-bond donors (Lipinski definition) is 0. The van der Waals surface area contributed by atoms with Crippen LogP contribution in [-0.2, 0) is 4.74 Å². The fourth-order valence-electron chi connectivity index (χ4n) is 4.97. The monoisotopic (exact) mass is 178 g/mol. The minimum atomic E-state index is 0.706. The first kappa shape index (κ1) is 7.28. The van der Waals surface area contributed by atoms with E-state index in [1.165, 1.54) is 12.8 Å². The number of hydrogen-bond acceptors (Lipinski definition) is 1. The third kappa shape index (κ3) is 0.674. The Kier molecular flexibility index (Phi) is 1.11. The van der Waals surface area contributed by atoms with Crippen LogP contribution in [0.3, 0.4) is 0 Å². The van der Waals surface area contributed by atoms with E-state index < -0.39 is 0 Å². The van der Waals surface area contributed by atoms with Crippen molar-refractivity contribution in [2.45, 2.75) is 38.9 Å². The van der Waals surface area contributed by atoms with E-state index in [1.54, 1.807) is 0 Å². The van der Waals surface area contributed by atoms with E-state index in [0.717, 1.165) is 41.6 Å². The standard InChI is InChI=1S/C12H18O/c1-5-6(2)8-3-7(5)9-4-10-12(13-10)11(8)9/h5-12H,3-4H2,1-2H3. The molecule has 4 rings (SSSR count). The van der Waals surface area contributed by atoms with Gasteiger partial charge in [0.15, 0.2) is 0 Å². The second kappa shape index (κ2) is 1.98. The summed E-state index contributed by atoms with van der Waals surface area (Å²) in [5.41, 5.74) is 0. The maximum absolute atomic E-state index is 5.70. The SMILES string of the molecule is CC1C(C)C2CC1C1CC3OC3C21. The topological polar surface area (TPSA) is 12.5 Å². The normalized spacial score (nSPS) is 72.5. The first-order valence-electron chi connectivity index (χ1n) is 5.93. The van der Waals surface area contributed by atoms with Gasteiger partial charge >= 0.3 is 0 Å². The molecule has 0 aromatic heterocycles. The summed E-state index contributed by atoms with van der Waals surface area (Å²) in [6.07, 6.45) is 4.37. The maximum Gasteiger partial charge on any atom is 0.0875 e. The van der Waals surface area contributed by atoms with E-state index >= 15 is 0 Å². The highest BCUT2D eigenvalue weighted by Crippen LogP contribution is 2.67. The van der Waals surface area contributed by atoms with Gasteiger partial charge in [0.25, 0.3) is 0 Å². The van der Waals surface area contributed by atoms with Gasteiger partial charge in [-0.15, -0.1) is 0 Å². The first-order chi connectivity index (χ1) is 6.27. The molecule has 3 aliphatic carbocycles. The number of epoxide rings is 1.